The van der Waals surface area contributed by atoms with Crippen molar-refractivity contribution in [1.82, 2.24) is 9.55 Å². The quantitative estimate of drug-likeness (QED) is 0.744. The molecule has 0 amide bonds. The van der Waals surface area contributed by atoms with E-state index in [0.717, 1.165) is 42.9 Å². The fraction of sp³-hybridized carbons (Fsp3) is 0.562. The van der Waals surface area contributed by atoms with Crippen molar-refractivity contribution in [1.29, 1.82) is 0 Å². The lowest BCUT2D eigenvalue weighted by atomic mass is 9.92. The Kier molecular flexibility index (Phi) is 4.43. The van der Waals surface area contributed by atoms with Crippen LogP contribution in [0.1, 0.15) is 43.9 Å². The summed E-state index contributed by atoms with van der Waals surface area (Å²) < 4.78 is 7.77. The molecule has 3 rings (SSSR count). The van der Waals surface area contributed by atoms with Crippen molar-refractivity contribution < 1.29 is 4.74 Å². The normalized spacial score (nSPS) is 19.8. The maximum Gasteiger partial charge on any atom is 0.127 e. The van der Waals surface area contributed by atoms with E-state index in [4.69, 9.17) is 32.9 Å². The van der Waals surface area contributed by atoms with Crippen molar-refractivity contribution in [2.24, 2.45) is 5.92 Å². The van der Waals surface area contributed by atoms with Crippen LogP contribution in [0, 0.1) is 5.92 Å². The van der Waals surface area contributed by atoms with Gasteiger partial charge in [-0.05, 0) is 50.8 Å². The van der Waals surface area contributed by atoms with Gasteiger partial charge >= 0.3 is 0 Å². The van der Waals surface area contributed by atoms with Crippen LogP contribution in [-0.2, 0) is 4.74 Å². The van der Waals surface area contributed by atoms with Gasteiger partial charge in [0.05, 0.1) is 16.4 Å². The van der Waals surface area contributed by atoms with Gasteiger partial charge in [-0.25, -0.2) is 4.98 Å². The molecule has 5 heteroatoms. The Morgan fingerprint density at radius 1 is 1.29 bits per heavy atom. The van der Waals surface area contributed by atoms with E-state index in [0.29, 0.717) is 17.0 Å². The Labute approximate surface area is 135 Å². The Morgan fingerprint density at radius 3 is 2.67 bits per heavy atom. The third-order valence-corrected chi connectivity index (χ3v) is 4.82. The number of rotatable bonds is 3. The first kappa shape index (κ1) is 15.1. The van der Waals surface area contributed by atoms with Crippen molar-refractivity contribution in [2.45, 2.75) is 38.1 Å². The van der Waals surface area contributed by atoms with Crippen LogP contribution in [0.3, 0.4) is 0 Å². The predicted molar refractivity (Wildman–Crippen MR) is 87.3 cm³/mol. The van der Waals surface area contributed by atoms with Crippen LogP contribution in [0.2, 0.25) is 5.02 Å². The second-order valence-electron chi connectivity index (χ2n) is 5.78. The number of hydrogen-bond acceptors (Lipinski definition) is 2. The zero-order chi connectivity index (χ0) is 15.0. The topological polar surface area (TPSA) is 27.1 Å². The lowest BCUT2D eigenvalue weighted by molar-refractivity contribution is 0.0515. The van der Waals surface area contributed by atoms with Gasteiger partial charge in [-0.1, -0.05) is 11.6 Å². The van der Waals surface area contributed by atoms with Crippen molar-refractivity contribution in [2.75, 3.05) is 13.2 Å². The molecule has 2 aromatic rings. The molecular weight excluding hydrogens is 307 g/mol. The summed E-state index contributed by atoms with van der Waals surface area (Å²) in [6.07, 6.45) is 2.18. The Bertz CT molecular complexity index is 632. The average molecular weight is 327 g/mol. The van der Waals surface area contributed by atoms with Crippen LogP contribution < -0.4 is 0 Å². The molecule has 1 aromatic heterocycles. The number of alkyl halides is 1. The maximum absolute atomic E-state index is 6.36. The first-order chi connectivity index (χ1) is 10.1. The van der Waals surface area contributed by atoms with E-state index in [9.17, 15) is 0 Å². The van der Waals surface area contributed by atoms with Gasteiger partial charge in [0, 0.05) is 24.3 Å². The minimum Gasteiger partial charge on any atom is -0.381 e. The number of ether oxygens (including phenoxy) is 1. The molecule has 1 aliphatic rings. The van der Waals surface area contributed by atoms with Gasteiger partial charge in [0.2, 0.25) is 0 Å². The zero-order valence-electron chi connectivity index (χ0n) is 12.4. The van der Waals surface area contributed by atoms with Crippen LogP contribution >= 0.6 is 23.2 Å². The van der Waals surface area contributed by atoms with E-state index in [1.165, 1.54) is 0 Å². The highest BCUT2D eigenvalue weighted by molar-refractivity contribution is 6.31. The summed E-state index contributed by atoms with van der Waals surface area (Å²) in [5.41, 5.74) is 2.03. The molecule has 1 aliphatic heterocycles. The number of nitrogens with zero attached hydrogens (tertiary/aromatic N) is 2. The van der Waals surface area contributed by atoms with Gasteiger partial charge in [0.15, 0.2) is 0 Å². The Balaban J connectivity index is 2.07. The van der Waals surface area contributed by atoms with Gasteiger partial charge < -0.3 is 9.30 Å². The first-order valence-corrected chi connectivity index (χ1v) is 8.28. The minimum absolute atomic E-state index is 0.126. The lowest BCUT2D eigenvalue weighted by Crippen LogP contribution is -2.25. The summed E-state index contributed by atoms with van der Waals surface area (Å²) in [5.74, 6) is 1.52. The highest BCUT2D eigenvalue weighted by Gasteiger charge is 2.26. The van der Waals surface area contributed by atoms with E-state index in [2.05, 4.69) is 11.5 Å². The summed E-state index contributed by atoms with van der Waals surface area (Å²) in [4.78, 5) is 4.70. The molecule has 0 aliphatic carbocycles. The van der Waals surface area contributed by atoms with Gasteiger partial charge in [-0.3, -0.25) is 0 Å². The van der Waals surface area contributed by atoms with Crippen molar-refractivity contribution in [3.05, 3.63) is 29.0 Å². The molecule has 1 aromatic carbocycles. The summed E-state index contributed by atoms with van der Waals surface area (Å²) >= 11 is 12.5. The van der Waals surface area contributed by atoms with E-state index in [1.54, 1.807) is 0 Å². The second kappa shape index (κ2) is 6.15. The van der Waals surface area contributed by atoms with E-state index in [-0.39, 0.29) is 5.38 Å². The third-order valence-electron chi connectivity index (χ3n) is 4.39. The van der Waals surface area contributed by atoms with Gasteiger partial charge in [0.25, 0.3) is 0 Å². The van der Waals surface area contributed by atoms with E-state index >= 15 is 0 Å². The molecule has 1 fully saturated rings. The van der Waals surface area contributed by atoms with Crippen molar-refractivity contribution in [3.8, 4) is 0 Å². The minimum atomic E-state index is -0.126. The van der Waals surface area contributed by atoms with Crippen LogP contribution in [0.25, 0.3) is 11.0 Å². The van der Waals surface area contributed by atoms with Crippen LogP contribution in [0.5, 0.6) is 0 Å². The summed E-state index contributed by atoms with van der Waals surface area (Å²) in [6, 6.07) is 6.23. The van der Waals surface area contributed by atoms with E-state index in [1.807, 2.05) is 25.1 Å². The Hall–Kier alpha value is -0.770. The fourth-order valence-electron chi connectivity index (χ4n) is 3.21. The van der Waals surface area contributed by atoms with Gasteiger partial charge in [0.1, 0.15) is 5.82 Å². The molecule has 2 heterocycles. The molecule has 0 bridgehead atoms. The molecule has 114 valence electrons. The third kappa shape index (κ3) is 2.92. The maximum atomic E-state index is 6.36. The van der Waals surface area contributed by atoms with Crippen LogP contribution in [0.4, 0.5) is 0 Å². The molecule has 3 nitrogen and oxygen atoms in total. The smallest absolute Gasteiger partial charge is 0.127 e. The Morgan fingerprint density at radius 2 is 2.00 bits per heavy atom. The second-order valence-corrected chi connectivity index (χ2v) is 6.87. The van der Waals surface area contributed by atoms with Gasteiger partial charge in [-0.2, -0.15) is 0 Å². The number of fused-ring (bicyclic) bond motifs is 1. The summed E-state index contributed by atoms with van der Waals surface area (Å²) in [7, 11) is 0. The lowest BCUT2D eigenvalue weighted by Gasteiger charge is -2.30. The SMILES string of the molecule is CC(Cl)c1nc2cc(Cl)ccc2n1C(C)C1CCOCC1. The molecular formula is C16H20Cl2N2O. The number of imidazole rings is 1. The molecule has 0 saturated carbocycles. The monoisotopic (exact) mass is 326 g/mol. The first-order valence-electron chi connectivity index (χ1n) is 7.47. The van der Waals surface area contributed by atoms with Crippen LogP contribution in [-0.4, -0.2) is 22.8 Å². The molecule has 0 radical (unpaired) electrons. The summed E-state index contributed by atoms with van der Waals surface area (Å²) in [5, 5.41) is 0.582. The molecule has 21 heavy (non-hydrogen) atoms. The number of halogens is 2. The average Bonchev–Trinajstić information content (AvgIpc) is 2.86. The number of aromatic nitrogens is 2. The van der Waals surface area contributed by atoms with E-state index < -0.39 is 0 Å². The van der Waals surface area contributed by atoms with Crippen molar-refractivity contribution >= 4 is 34.2 Å². The largest absolute Gasteiger partial charge is 0.381 e. The van der Waals surface area contributed by atoms with Crippen molar-refractivity contribution in [3.63, 3.8) is 0 Å². The van der Waals surface area contributed by atoms with Crippen LogP contribution in [0.15, 0.2) is 18.2 Å². The number of benzene rings is 1. The number of hydrogen-bond donors (Lipinski definition) is 0. The highest BCUT2D eigenvalue weighted by atomic mass is 35.5. The molecule has 2 unspecified atom stereocenters. The fourth-order valence-corrected chi connectivity index (χ4v) is 3.53. The standard InChI is InChI=1S/C16H20Cl2N2O/c1-10(17)16-19-14-9-13(18)3-4-15(14)20(16)11(2)12-5-7-21-8-6-12/h3-4,9-12H,5-8H2,1-2H3. The summed E-state index contributed by atoms with van der Waals surface area (Å²) in [6.45, 7) is 5.92. The molecule has 0 spiro atoms. The highest BCUT2D eigenvalue weighted by Crippen LogP contribution is 2.35. The molecule has 2 atom stereocenters. The molecule has 1 saturated heterocycles. The predicted octanol–water partition coefficient (Wildman–Crippen LogP) is 4.98. The van der Waals surface area contributed by atoms with Gasteiger partial charge in [-0.15, -0.1) is 11.6 Å². The zero-order valence-corrected chi connectivity index (χ0v) is 13.9. The molecule has 0 N–H and O–H groups in total.